The van der Waals surface area contributed by atoms with Gasteiger partial charge in [0.2, 0.25) is 5.58 Å². The number of esters is 1. The molecule has 0 fully saturated rings. The summed E-state index contributed by atoms with van der Waals surface area (Å²) in [6, 6.07) is 15.1. The maximum Gasteiger partial charge on any atom is 0.326 e. The number of carbonyl (C=O) groups excluding carboxylic acids is 2. The van der Waals surface area contributed by atoms with E-state index in [2.05, 4.69) is 16.4 Å². The van der Waals surface area contributed by atoms with Crippen molar-refractivity contribution in [2.24, 2.45) is 0 Å². The second kappa shape index (κ2) is 8.30. The number of hydrogen-bond acceptors (Lipinski definition) is 6. The lowest BCUT2D eigenvalue weighted by molar-refractivity contribution is -0.149. The summed E-state index contributed by atoms with van der Waals surface area (Å²) in [4.78, 5) is 41.5. The molecule has 4 aromatic rings. The molecule has 1 unspecified atom stereocenters. The topological polar surface area (TPSA) is 103 Å². The number of para-hydroxylation sites is 1. The van der Waals surface area contributed by atoms with Crippen LogP contribution in [0.3, 0.4) is 0 Å². The molecule has 2 aromatic carbocycles. The lowest BCUT2D eigenvalue weighted by Gasteiger charge is -2.26. The summed E-state index contributed by atoms with van der Waals surface area (Å²) in [6.07, 6.45) is 4.11. The van der Waals surface area contributed by atoms with Gasteiger partial charge in [-0.3, -0.25) is 19.0 Å². The first-order valence-electron chi connectivity index (χ1n) is 10.5. The number of benzene rings is 2. The predicted octanol–water partition coefficient (Wildman–Crippen LogP) is 2.88. The fourth-order valence-corrected chi connectivity index (χ4v) is 4.20. The molecule has 1 amide bonds. The van der Waals surface area contributed by atoms with Crippen LogP contribution >= 0.6 is 0 Å². The van der Waals surface area contributed by atoms with Gasteiger partial charge in [-0.25, -0.2) is 4.98 Å². The second-order valence-corrected chi connectivity index (χ2v) is 7.83. The third kappa shape index (κ3) is 3.75. The summed E-state index contributed by atoms with van der Waals surface area (Å²) >= 11 is 0. The number of nitrogens with one attached hydrogen (secondary N) is 1. The number of fused-ring (bicyclic) bond motifs is 4. The van der Waals surface area contributed by atoms with Gasteiger partial charge < -0.3 is 14.5 Å². The van der Waals surface area contributed by atoms with Crippen LogP contribution in [0, 0.1) is 0 Å². The van der Waals surface area contributed by atoms with Crippen LogP contribution in [-0.4, -0.2) is 28.0 Å². The van der Waals surface area contributed by atoms with Crippen molar-refractivity contribution in [2.45, 2.75) is 31.8 Å². The molecule has 8 heteroatoms. The van der Waals surface area contributed by atoms with Gasteiger partial charge in [0.15, 0.2) is 6.61 Å². The number of rotatable bonds is 5. The molecule has 1 atom stereocenters. The van der Waals surface area contributed by atoms with Gasteiger partial charge in [0.1, 0.15) is 17.6 Å². The predicted molar refractivity (Wildman–Crippen MR) is 117 cm³/mol. The standard InChI is InChI=1S/C24H21N3O5/c28-20(26-18-10-5-7-15-6-1-2-8-16(15)18)13-31-21(29)12-27-14-25-22-17-9-3-4-11-19(17)32-23(22)24(27)30/h1-4,6,8-9,11,14,18H,5,7,10,12-13H2,(H,26,28). The third-order valence-corrected chi connectivity index (χ3v) is 5.72. The van der Waals surface area contributed by atoms with Crippen LogP contribution in [0.1, 0.15) is 30.0 Å². The van der Waals surface area contributed by atoms with E-state index in [1.54, 1.807) is 12.1 Å². The molecule has 162 valence electrons. The Morgan fingerprint density at radius 3 is 2.88 bits per heavy atom. The number of aromatic nitrogens is 2. The van der Waals surface area contributed by atoms with Crippen molar-refractivity contribution < 1.29 is 18.7 Å². The zero-order valence-electron chi connectivity index (χ0n) is 17.2. The minimum Gasteiger partial charge on any atom is -0.454 e. The molecule has 2 heterocycles. The van der Waals surface area contributed by atoms with E-state index in [4.69, 9.17) is 9.15 Å². The Balaban J connectivity index is 1.22. The van der Waals surface area contributed by atoms with Gasteiger partial charge >= 0.3 is 5.97 Å². The molecule has 0 saturated carbocycles. The first-order valence-corrected chi connectivity index (χ1v) is 10.5. The first kappa shape index (κ1) is 20.0. The average Bonchev–Trinajstić information content (AvgIpc) is 3.19. The highest BCUT2D eigenvalue weighted by Crippen LogP contribution is 2.29. The van der Waals surface area contributed by atoms with Crippen LogP contribution in [0.15, 0.2) is 64.1 Å². The van der Waals surface area contributed by atoms with Crippen LogP contribution < -0.4 is 10.9 Å². The molecule has 5 rings (SSSR count). The van der Waals surface area contributed by atoms with Crippen molar-refractivity contribution in [1.29, 1.82) is 0 Å². The Morgan fingerprint density at radius 2 is 1.97 bits per heavy atom. The molecule has 0 radical (unpaired) electrons. The minimum absolute atomic E-state index is 0.0789. The lowest BCUT2D eigenvalue weighted by atomic mass is 9.88. The summed E-state index contributed by atoms with van der Waals surface area (Å²) in [6.45, 7) is -0.773. The third-order valence-electron chi connectivity index (χ3n) is 5.72. The van der Waals surface area contributed by atoms with Crippen molar-refractivity contribution in [3.05, 3.63) is 76.3 Å². The van der Waals surface area contributed by atoms with Gasteiger partial charge in [-0.2, -0.15) is 0 Å². The van der Waals surface area contributed by atoms with Crippen molar-refractivity contribution >= 4 is 33.9 Å². The number of amides is 1. The van der Waals surface area contributed by atoms with Crippen molar-refractivity contribution in [1.82, 2.24) is 14.9 Å². The van der Waals surface area contributed by atoms with Crippen molar-refractivity contribution in [3.8, 4) is 0 Å². The summed E-state index contributed by atoms with van der Waals surface area (Å²) in [5, 5.41) is 3.66. The van der Waals surface area contributed by atoms with Crippen LogP contribution in [0.2, 0.25) is 0 Å². The van der Waals surface area contributed by atoms with Crippen molar-refractivity contribution in [2.75, 3.05) is 6.61 Å². The molecular formula is C24H21N3O5. The first-order chi connectivity index (χ1) is 15.6. The summed E-state index contributed by atoms with van der Waals surface area (Å²) in [5.41, 5.74) is 2.93. The second-order valence-electron chi connectivity index (χ2n) is 7.83. The Hall–Kier alpha value is -3.94. The Bertz CT molecular complexity index is 1390. The molecule has 32 heavy (non-hydrogen) atoms. The molecule has 8 nitrogen and oxygen atoms in total. The summed E-state index contributed by atoms with van der Waals surface area (Å²) < 4.78 is 11.8. The number of ether oxygens (including phenoxy) is 1. The molecule has 0 bridgehead atoms. The van der Waals surface area contributed by atoms with Gasteiger partial charge in [-0.05, 0) is 42.5 Å². The highest BCUT2D eigenvalue weighted by atomic mass is 16.5. The number of nitrogens with zero attached hydrogens (tertiary/aromatic N) is 2. The van der Waals surface area contributed by atoms with E-state index in [9.17, 15) is 14.4 Å². The molecule has 1 aliphatic carbocycles. The fraction of sp³-hybridized carbons (Fsp3) is 0.250. The maximum atomic E-state index is 12.7. The SMILES string of the molecule is O=C(COC(=O)Cn1cnc2c(oc3ccccc32)c1=O)NC1CCCc2ccccc21. The molecule has 2 aromatic heterocycles. The zero-order valence-corrected chi connectivity index (χ0v) is 17.2. The summed E-state index contributed by atoms with van der Waals surface area (Å²) in [5.74, 6) is -1.08. The highest BCUT2D eigenvalue weighted by molar-refractivity contribution is 6.01. The zero-order chi connectivity index (χ0) is 22.1. The van der Waals surface area contributed by atoms with Gasteiger partial charge in [-0.1, -0.05) is 36.4 Å². The molecule has 0 spiro atoms. The molecule has 1 aliphatic rings. The Labute approximate surface area is 182 Å². The van der Waals surface area contributed by atoms with Gasteiger partial charge in [0.05, 0.1) is 12.4 Å². The fourth-order valence-electron chi connectivity index (χ4n) is 4.20. The van der Waals surface area contributed by atoms with Gasteiger partial charge in [0, 0.05) is 5.39 Å². The number of aryl methyl sites for hydroxylation is 1. The van der Waals surface area contributed by atoms with Crippen LogP contribution in [0.5, 0.6) is 0 Å². The maximum absolute atomic E-state index is 12.7. The summed E-state index contributed by atoms with van der Waals surface area (Å²) in [7, 11) is 0. The van der Waals surface area contributed by atoms with Crippen LogP contribution in [-0.2, 0) is 27.3 Å². The van der Waals surface area contributed by atoms with E-state index in [0.29, 0.717) is 11.1 Å². The van der Waals surface area contributed by atoms with Crippen LogP contribution in [0.4, 0.5) is 0 Å². The van der Waals surface area contributed by atoms with E-state index in [1.807, 2.05) is 30.3 Å². The van der Waals surface area contributed by atoms with E-state index in [1.165, 1.54) is 11.9 Å². The average molecular weight is 431 g/mol. The van der Waals surface area contributed by atoms with Crippen molar-refractivity contribution in [3.63, 3.8) is 0 Å². The van der Waals surface area contributed by atoms with Crippen LogP contribution in [0.25, 0.3) is 22.1 Å². The largest absolute Gasteiger partial charge is 0.454 e. The van der Waals surface area contributed by atoms with E-state index in [-0.39, 0.29) is 24.1 Å². The Kier molecular flexibility index (Phi) is 5.18. The number of carbonyl (C=O) groups is 2. The molecule has 0 saturated heterocycles. The Morgan fingerprint density at radius 1 is 1.16 bits per heavy atom. The highest BCUT2D eigenvalue weighted by Gasteiger charge is 2.22. The monoisotopic (exact) mass is 431 g/mol. The van der Waals surface area contributed by atoms with E-state index in [0.717, 1.165) is 34.8 Å². The molecular weight excluding hydrogens is 410 g/mol. The molecule has 0 aliphatic heterocycles. The van der Waals surface area contributed by atoms with Gasteiger partial charge in [0.25, 0.3) is 11.5 Å². The minimum atomic E-state index is -0.705. The van der Waals surface area contributed by atoms with E-state index >= 15 is 0 Å². The van der Waals surface area contributed by atoms with Gasteiger partial charge in [-0.15, -0.1) is 0 Å². The van der Waals surface area contributed by atoms with E-state index < -0.39 is 18.1 Å². The number of furan rings is 1. The smallest absolute Gasteiger partial charge is 0.326 e. The lowest BCUT2D eigenvalue weighted by Crippen LogP contribution is -2.35. The normalized spacial score (nSPS) is 15.4. The quantitative estimate of drug-likeness (QED) is 0.488. The number of hydrogen-bond donors (Lipinski definition) is 1. The molecule has 1 N–H and O–H groups in total.